The van der Waals surface area contributed by atoms with E-state index in [0.717, 1.165) is 25.7 Å². The van der Waals surface area contributed by atoms with Gasteiger partial charge in [0.25, 0.3) is 5.91 Å². The number of carbonyl (C=O) groups is 1. The van der Waals surface area contributed by atoms with Crippen molar-refractivity contribution in [2.24, 2.45) is 0 Å². The van der Waals surface area contributed by atoms with Crippen molar-refractivity contribution >= 4 is 17.2 Å². The van der Waals surface area contributed by atoms with Crippen molar-refractivity contribution in [2.75, 3.05) is 6.54 Å². The third-order valence-electron chi connectivity index (χ3n) is 3.63. The summed E-state index contributed by atoms with van der Waals surface area (Å²) < 4.78 is 0. The number of thiazole rings is 1. The number of hydrogen-bond donors (Lipinski definition) is 2. The van der Waals surface area contributed by atoms with Gasteiger partial charge in [0.2, 0.25) is 0 Å². The van der Waals surface area contributed by atoms with E-state index in [1.165, 1.54) is 11.3 Å². The van der Waals surface area contributed by atoms with E-state index >= 15 is 0 Å². The Bertz CT molecular complexity index is 623. The maximum absolute atomic E-state index is 12.1. The van der Waals surface area contributed by atoms with Crippen LogP contribution in [0.5, 0.6) is 0 Å². The summed E-state index contributed by atoms with van der Waals surface area (Å²) >= 11 is 1.35. The predicted molar refractivity (Wildman–Crippen MR) is 78.9 cm³/mol. The zero-order chi connectivity index (χ0) is 14.7. The summed E-state index contributed by atoms with van der Waals surface area (Å²) in [5.41, 5.74) is 0.248. The lowest BCUT2D eigenvalue weighted by Gasteiger charge is -2.21. The minimum Gasteiger partial charge on any atom is -0.388 e. The summed E-state index contributed by atoms with van der Waals surface area (Å²) in [6, 6.07) is 0. The molecular weight excluding hydrogens is 288 g/mol. The minimum atomic E-state index is -0.751. The van der Waals surface area contributed by atoms with Gasteiger partial charge in [-0.2, -0.15) is 0 Å². The number of amides is 1. The number of hydrogen-bond acceptors (Lipinski definition) is 6. The largest absolute Gasteiger partial charge is 0.388 e. The van der Waals surface area contributed by atoms with Crippen LogP contribution >= 0.6 is 11.3 Å². The molecule has 6 nitrogen and oxygen atoms in total. The van der Waals surface area contributed by atoms with Gasteiger partial charge in [-0.3, -0.25) is 14.8 Å². The van der Waals surface area contributed by atoms with E-state index in [4.69, 9.17) is 0 Å². The van der Waals surface area contributed by atoms with Crippen LogP contribution in [0.25, 0.3) is 10.7 Å². The number of aliphatic hydroxyl groups is 1. The van der Waals surface area contributed by atoms with Gasteiger partial charge in [-0.25, -0.2) is 4.98 Å². The molecule has 110 valence electrons. The highest BCUT2D eigenvalue weighted by atomic mass is 32.1. The van der Waals surface area contributed by atoms with E-state index in [0.29, 0.717) is 16.4 Å². The number of nitrogens with one attached hydrogen (secondary N) is 1. The lowest BCUT2D eigenvalue weighted by molar-refractivity contribution is 0.0449. The first-order valence-electron chi connectivity index (χ1n) is 6.89. The molecule has 1 amide bonds. The van der Waals surface area contributed by atoms with Crippen molar-refractivity contribution in [1.82, 2.24) is 20.3 Å². The molecule has 1 fully saturated rings. The topological polar surface area (TPSA) is 88.0 Å². The van der Waals surface area contributed by atoms with E-state index in [1.54, 1.807) is 24.0 Å². The van der Waals surface area contributed by atoms with Crippen LogP contribution in [0.2, 0.25) is 0 Å². The fraction of sp³-hybridized carbons (Fsp3) is 0.429. The van der Waals surface area contributed by atoms with Crippen molar-refractivity contribution < 1.29 is 9.90 Å². The Balaban J connectivity index is 1.64. The Hall–Kier alpha value is -1.86. The lowest BCUT2D eigenvalue weighted by Crippen LogP contribution is -2.40. The number of nitrogens with zero attached hydrogens (tertiary/aromatic N) is 3. The smallest absolute Gasteiger partial charge is 0.270 e. The molecule has 2 N–H and O–H groups in total. The Morgan fingerprint density at radius 1 is 1.38 bits per heavy atom. The minimum absolute atomic E-state index is 0.262. The van der Waals surface area contributed by atoms with E-state index in [1.807, 2.05) is 0 Å². The monoisotopic (exact) mass is 304 g/mol. The Labute approximate surface area is 126 Å². The number of carbonyl (C=O) groups excluding carboxylic acids is 1. The Kier molecular flexibility index (Phi) is 3.94. The SMILES string of the molecule is O=C(NCC1(O)CCCC1)c1csc(-c2cnccn2)n1. The van der Waals surface area contributed by atoms with Crippen LogP contribution in [0, 0.1) is 0 Å². The molecule has 0 aromatic carbocycles. The summed E-state index contributed by atoms with van der Waals surface area (Å²) in [6.45, 7) is 0.282. The van der Waals surface area contributed by atoms with E-state index in [2.05, 4.69) is 20.3 Å². The van der Waals surface area contributed by atoms with Crippen LogP contribution in [-0.2, 0) is 0 Å². The van der Waals surface area contributed by atoms with E-state index in [-0.39, 0.29) is 12.5 Å². The Morgan fingerprint density at radius 3 is 2.90 bits per heavy atom. The maximum atomic E-state index is 12.1. The fourth-order valence-corrected chi connectivity index (χ4v) is 3.21. The molecule has 1 aliphatic carbocycles. The van der Waals surface area contributed by atoms with Crippen molar-refractivity contribution in [3.05, 3.63) is 29.7 Å². The highest BCUT2D eigenvalue weighted by molar-refractivity contribution is 7.13. The van der Waals surface area contributed by atoms with Crippen molar-refractivity contribution in [3.8, 4) is 10.7 Å². The molecule has 2 heterocycles. The molecule has 1 saturated carbocycles. The summed E-state index contributed by atoms with van der Waals surface area (Å²) in [4.78, 5) is 24.5. The molecule has 0 aliphatic heterocycles. The van der Waals surface area contributed by atoms with Gasteiger partial charge in [0, 0.05) is 24.3 Å². The standard InChI is InChI=1S/C14H16N4O2S/c19-12(17-9-14(20)3-1-2-4-14)11-8-21-13(18-11)10-7-15-5-6-16-10/h5-8,20H,1-4,9H2,(H,17,19). The molecule has 0 unspecified atom stereocenters. The zero-order valence-electron chi connectivity index (χ0n) is 11.5. The molecular formula is C14H16N4O2S. The zero-order valence-corrected chi connectivity index (χ0v) is 12.3. The second-order valence-corrected chi connectivity index (χ2v) is 6.10. The average molecular weight is 304 g/mol. The molecule has 0 spiro atoms. The van der Waals surface area contributed by atoms with Gasteiger partial charge >= 0.3 is 0 Å². The fourth-order valence-electron chi connectivity index (χ4n) is 2.45. The van der Waals surface area contributed by atoms with Crippen LogP contribution in [0.3, 0.4) is 0 Å². The van der Waals surface area contributed by atoms with Gasteiger partial charge in [0.05, 0.1) is 11.8 Å². The summed E-state index contributed by atoms with van der Waals surface area (Å²) in [7, 11) is 0. The van der Waals surface area contributed by atoms with E-state index < -0.39 is 5.60 Å². The second kappa shape index (κ2) is 5.87. The van der Waals surface area contributed by atoms with E-state index in [9.17, 15) is 9.90 Å². The van der Waals surface area contributed by atoms with Crippen LogP contribution in [-0.4, -0.2) is 38.1 Å². The predicted octanol–water partition coefficient (Wildman–Crippen LogP) is 1.63. The molecule has 3 rings (SSSR count). The molecule has 21 heavy (non-hydrogen) atoms. The van der Waals surface area contributed by atoms with Crippen LogP contribution in [0.15, 0.2) is 24.0 Å². The second-order valence-electron chi connectivity index (χ2n) is 5.24. The van der Waals surface area contributed by atoms with Gasteiger partial charge in [-0.15, -0.1) is 11.3 Å². The first kappa shape index (κ1) is 14.1. The number of rotatable bonds is 4. The van der Waals surface area contributed by atoms with Crippen LogP contribution < -0.4 is 5.32 Å². The van der Waals surface area contributed by atoms with Gasteiger partial charge < -0.3 is 10.4 Å². The van der Waals surface area contributed by atoms with Crippen LogP contribution in [0.4, 0.5) is 0 Å². The first-order chi connectivity index (χ1) is 10.2. The number of aromatic nitrogens is 3. The van der Waals surface area contributed by atoms with Gasteiger partial charge in [-0.1, -0.05) is 12.8 Å². The molecule has 7 heteroatoms. The summed E-state index contributed by atoms with van der Waals surface area (Å²) in [6.07, 6.45) is 8.31. The summed E-state index contributed by atoms with van der Waals surface area (Å²) in [5, 5.41) is 15.3. The molecule has 0 bridgehead atoms. The first-order valence-corrected chi connectivity index (χ1v) is 7.77. The molecule has 2 aromatic heterocycles. The van der Waals surface area contributed by atoms with Crippen LogP contribution in [0.1, 0.15) is 36.2 Å². The maximum Gasteiger partial charge on any atom is 0.270 e. The normalized spacial score (nSPS) is 16.8. The summed E-state index contributed by atoms with van der Waals surface area (Å²) in [5.74, 6) is -0.262. The van der Waals surface area contributed by atoms with Crippen molar-refractivity contribution in [3.63, 3.8) is 0 Å². The molecule has 0 saturated heterocycles. The molecule has 0 radical (unpaired) electrons. The lowest BCUT2D eigenvalue weighted by atomic mass is 10.0. The highest BCUT2D eigenvalue weighted by Gasteiger charge is 2.31. The highest BCUT2D eigenvalue weighted by Crippen LogP contribution is 2.28. The molecule has 1 aliphatic rings. The molecule has 0 atom stereocenters. The third kappa shape index (κ3) is 3.25. The van der Waals surface area contributed by atoms with Gasteiger partial charge in [-0.05, 0) is 12.8 Å². The van der Waals surface area contributed by atoms with Gasteiger partial charge in [0.15, 0.2) is 0 Å². The Morgan fingerprint density at radius 2 is 2.19 bits per heavy atom. The quantitative estimate of drug-likeness (QED) is 0.896. The molecule has 2 aromatic rings. The van der Waals surface area contributed by atoms with Crippen molar-refractivity contribution in [1.29, 1.82) is 0 Å². The third-order valence-corrected chi connectivity index (χ3v) is 4.50. The average Bonchev–Trinajstić information content (AvgIpc) is 3.16. The van der Waals surface area contributed by atoms with Gasteiger partial charge in [0.1, 0.15) is 16.4 Å². The van der Waals surface area contributed by atoms with Crippen molar-refractivity contribution in [2.45, 2.75) is 31.3 Å².